The molecule has 1 N–H and O–H groups in total. The van der Waals surface area contributed by atoms with Gasteiger partial charge in [-0.1, -0.05) is 29.8 Å². The van der Waals surface area contributed by atoms with Gasteiger partial charge in [-0.3, -0.25) is 0 Å². The molecule has 0 unspecified atom stereocenters. The van der Waals surface area contributed by atoms with E-state index in [4.69, 9.17) is 16.3 Å². The van der Waals surface area contributed by atoms with E-state index in [2.05, 4.69) is 5.32 Å². The summed E-state index contributed by atoms with van der Waals surface area (Å²) in [6.07, 6.45) is 0. The van der Waals surface area contributed by atoms with E-state index in [0.717, 1.165) is 27.4 Å². The molecule has 2 rings (SSSR count). The smallest absolute Gasteiger partial charge is 0.337 e. The first-order chi connectivity index (χ1) is 10.0. The second-order valence-corrected chi connectivity index (χ2v) is 5.37. The highest BCUT2D eigenvalue weighted by Gasteiger charge is 2.08. The zero-order chi connectivity index (χ0) is 15.4. The fourth-order valence-electron chi connectivity index (χ4n) is 2.00. The molecule has 0 heterocycles. The number of hydrogen-bond donors (Lipinski definition) is 1. The van der Waals surface area contributed by atoms with Gasteiger partial charge in [-0.25, -0.2) is 4.79 Å². The fourth-order valence-corrected chi connectivity index (χ4v) is 2.20. The number of methoxy groups -OCH3 is 1. The number of anilines is 1. The highest BCUT2D eigenvalue weighted by molar-refractivity contribution is 6.31. The number of carbonyl (C=O) groups excluding carboxylic acids is 1. The van der Waals surface area contributed by atoms with Gasteiger partial charge in [-0.15, -0.1) is 0 Å². The molecule has 0 saturated carbocycles. The predicted molar refractivity (Wildman–Crippen MR) is 86.0 cm³/mol. The van der Waals surface area contributed by atoms with Crippen LogP contribution in [0, 0.1) is 13.8 Å². The largest absolute Gasteiger partial charge is 0.465 e. The lowest BCUT2D eigenvalue weighted by atomic mass is 10.1. The molecule has 0 aromatic heterocycles. The van der Waals surface area contributed by atoms with Crippen molar-refractivity contribution >= 4 is 23.3 Å². The SMILES string of the molecule is COC(=O)c1ccc(C)c(NCc2ccc(C)c(Cl)c2)c1. The van der Waals surface area contributed by atoms with E-state index in [1.807, 2.05) is 38.1 Å². The molecule has 110 valence electrons. The van der Waals surface area contributed by atoms with E-state index in [1.54, 1.807) is 12.1 Å². The van der Waals surface area contributed by atoms with Gasteiger partial charge in [0.05, 0.1) is 12.7 Å². The van der Waals surface area contributed by atoms with Crippen LogP contribution in [0.25, 0.3) is 0 Å². The first-order valence-corrected chi connectivity index (χ1v) is 7.07. The van der Waals surface area contributed by atoms with Crippen molar-refractivity contribution in [1.82, 2.24) is 0 Å². The summed E-state index contributed by atoms with van der Waals surface area (Å²) in [4.78, 5) is 11.6. The lowest BCUT2D eigenvalue weighted by Gasteiger charge is -2.12. The molecule has 0 atom stereocenters. The highest BCUT2D eigenvalue weighted by atomic mass is 35.5. The van der Waals surface area contributed by atoms with E-state index in [1.165, 1.54) is 7.11 Å². The quantitative estimate of drug-likeness (QED) is 0.853. The van der Waals surface area contributed by atoms with Crippen molar-refractivity contribution in [2.75, 3.05) is 12.4 Å². The number of nitrogens with one attached hydrogen (secondary N) is 1. The molecule has 0 aliphatic rings. The van der Waals surface area contributed by atoms with Crippen molar-refractivity contribution < 1.29 is 9.53 Å². The molecular weight excluding hydrogens is 286 g/mol. The van der Waals surface area contributed by atoms with Gasteiger partial charge in [0.15, 0.2) is 0 Å². The van der Waals surface area contributed by atoms with Gasteiger partial charge in [0.1, 0.15) is 0 Å². The van der Waals surface area contributed by atoms with E-state index in [-0.39, 0.29) is 5.97 Å². The van der Waals surface area contributed by atoms with E-state index in [0.29, 0.717) is 12.1 Å². The maximum Gasteiger partial charge on any atom is 0.337 e. The lowest BCUT2D eigenvalue weighted by molar-refractivity contribution is 0.0601. The third-order valence-electron chi connectivity index (χ3n) is 3.38. The fraction of sp³-hybridized carbons (Fsp3) is 0.235. The summed E-state index contributed by atoms with van der Waals surface area (Å²) in [6, 6.07) is 11.4. The molecule has 2 aromatic carbocycles. The number of ether oxygens (including phenoxy) is 1. The number of hydrogen-bond acceptors (Lipinski definition) is 3. The minimum Gasteiger partial charge on any atom is -0.465 e. The molecule has 0 spiro atoms. The van der Waals surface area contributed by atoms with Gasteiger partial charge in [-0.2, -0.15) is 0 Å². The number of carbonyl (C=O) groups is 1. The summed E-state index contributed by atoms with van der Waals surface area (Å²) in [6.45, 7) is 4.61. The minimum atomic E-state index is -0.337. The number of aryl methyl sites for hydroxylation is 2. The lowest BCUT2D eigenvalue weighted by Crippen LogP contribution is -2.05. The average molecular weight is 304 g/mol. The zero-order valence-corrected chi connectivity index (χ0v) is 13.1. The Morgan fingerprint density at radius 2 is 1.86 bits per heavy atom. The van der Waals surface area contributed by atoms with E-state index >= 15 is 0 Å². The second kappa shape index (κ2) is 6.64. The van der Waals surface area contributed by atoms with Crippen LogP contribution in [0.3, 0.4) is 0 Å². The van der Waals surface area contributed by atoms with Crippen LogP contribution in [-0.2, 0) is 11.3 Å². The Hall–Kier alpha value is -2.00. The van der Waals surface area contributed by atoms with Crippen molar-refractivity contribution in [3.8, 4) is 0 Å². The Kier molecular flexibility index (Phi) is 4.86. The number of esters is 1. The van der Waals surface area contributed by atoms with Crippen molar-refractivity contribution in [2.45, 2.75) is 20.4 Å². The molecular formula is C17H18ClNO2. The van der Waals surface area contributed by atoms with Crippen LogP contribution in [0.2, 0.25) is 5.02 Å². The number of rotatable bonds is 4. The molecule has 21 heavy (non-hydrogen) atoms. The van der Waals surface area contributed by atoms with Crippen molar-refractivity contribution in [1.29, 1.82) is 0 Å². The van der Waals surface area contributed by atoms with Crippen LogP contribution < -0.4 is 5.32 Å². The molecule has 0 amide bonds. The summed E-state index contributed by atoms with van der Waals surface area (Å²) in [7, 11) is 1.38. The van der Waals surface area contributed by atoms with Gasteiger partial charge in [0, 0.05) is 17.3 Å². The van der Waals surface area contributed by atoms with Gasteiger partial charge < -0.3 is 10.1 Å². The predicted octanol–water partition coefficient (Wildman–Crippen LogP) is 4.36. The molecule has 4 heteroatoms. The van der Waals surface area contributed by atoms with Gasteiger partial charge in [0.25, 0.3) is 0 Å². The van der Waals surface area contributed by atoms with Crippen molar-refractivity contribution in [3.63, 3.8) is 0 Å². The van der Waals surface area contributed by atoms with Crippen LogP contribution >= 0.6 is 11.6 Å². The van der Waals surface area contributed by atoms with Gasteiger partial charge >= 0.3 is 5.97 Å². The monoisotopic (exact) mass is 303 g/mol. The van der Waals surface area contributed by atoms with E-state index < -0.39 is 0 Å². The molecule has 3 nitrogen and oxygen atoms in total. The van der Waals surface area contributed by atoms with Crippen molar-refractivity contribution in [3.05, 3.63) is 63.7 Å². The molecule has 0 aliphatic carbocycles. The summed E-state index contributed by atoms with van der Waals surface area (Å²) < 4.78 is 4.74. The van der Waals surface area contributed by atoms with Crippen LogP contribution in [-0.4, -0.2) is 13.1 Å². The summed E-state index contributed by atoms with van der Waals surface area (Å²) >= 11 is 6.12. The Bertz CT molecular complexity index is 668. The second-order valence-electron chi connectivity index (χ2n) is 4.96. The molecule has 0 fully saturated rings. The summed E-state index contributed by atoms with van der Waals surface area (Å²) in [5.74, 6) is -0.337. The molecule has 0 bridgehead atoms. The van der Waals surface area contributed by atoms with Crippen LogP contribution in [0.15, 0.2) is 36.4 Å². The summed E-state index contributed by atoms with van der Waals surface area (Å²) in [5, 5.41) is 4.09. The zero-order valence-electron chi connectivity index (χ0n) is 12.4. The molecule has 2 aromatic rings. The third-order valence-corrected chi connectivity index (χ3v) is 3.79. The molecule has 0 radical (unpaired) electrons. The molecule has 0 aliphatic heterocycles. The maximum absolute atomic E-state index is 11.6. The van der Waals surface area contributed by atoms with Gasteiger partial charge in [-0.05, 0) is 48.7 Å². The minimum absolute atomic E-state index is 0.337. The Labute approximate surface area is 129 Å². The normalized spacial score (nSPS) is 10.3. The van der Waals surface area contributed by atoms with Gasteiger partial charge in [0.2, 0.25) is 0 Å². The van der Waals surface area contributed by atoms with Crippen molar-refractivity contribution in [2.24, 2.45) is 0 Å². The van der Waals surface area contributed by atoms with E-state index in [9.17, 15) is 4.79 Å². The summed E-state index contributed by atoms with van der Waals surface area (Å²) in [5.41, 5.74) is 4.67. The molecule has 0 saturated heterocycles. The Morgan fingerprint density at radius 3 is 2.52 bits per heavy atom. The van der Waals surface area contributed by atoms with Crippen LogP contribution in [0.5, 0.6) is 0 Å². The number of halogens is 1. The average Bonchev–Trinajstić information content (AvgIpc) is 2.49. The van der Waals surface area contributed by atoms with Crippen LogP contribution in [0.1, 0.15) is 27.0 Å². The number of benzene rings is 2. The standard InChI is InChI=1S/C17H18ClNO2/c1-11-4-6-13(8-15(11)18)10-19-16-9-14(17(20)21-3)7-5-12(16)2/h4-9,19H,10H2,1-3H3. The Morgan fingerprint density at radius 1 is 1.14 bits per heavy atom. The maximum atomic E-state index is 11.6. The first-order valence-electron chi connectivity index (χ1n) is 6.69. The van der Waals surface area contributed by atoms with Crippen LogP contribution in [0.4, 0.5) is 5.69 Å². The first kappa shape index (κ1) is 15.4. The Balaban J connectivity index is 2.15. The highest BCUT2D eigenvalue weighted by Crippen LogP contribution is 2.20. The topological polar surface area (TPSA) is 38.3 Å². The third kappa shape index (κ3) is 3.76.